The zero-order valence-electron chi connectivity index (χ0n) is 23.4. The third-order valence-electron chi connectivity index (χ3n) is 3.73. The molecular weight excluding hydrogens is 474 g/mol. The van der Waals surface area contributed by atoms with Gasteiger partial charge >= 0.3 is 18.3 Å². The number of alkyl carbamates (subject to hydrolysis) is 3. The highest BCUT2D eigenvalue weighted by Crippen LogP contribution is 2.10. The van der Waals surface area contributed by atoms with Crippen LogP contribution in [0, 0.1) is 0 Å². The molecule has 0 unspecified atom stereocenters. The van der Waals surface area contributed by atoms with Gasteiger partial charge in [0.25, 0.3) is 5.91 Å². The monoisotopic (exact) mass is 517 g/mol. The lowest BCUT2D eigenvalue weighted by Gasteiger charge is -2.25. The third-order valence-corrected chi connectivity index (χ3v) is 3.73. The van der Waals surface area contributed by atoms with Gasteiger partial charge in [-0.25, -0.2) is 19.4 Å². The number of carbonyl (C=O) groups excluding carboxylic acids is 4. The van der Waals surface area contributed by atoms with Crippen LogP contribution in [0.15, 0.2) is 4.99 Å². The van der Waals surface area contributed by atoms with E-state index in [1.54, 1.807) is 62.3 Å². The maximum Gasteiger partial charge on any atom is 0.414 e. The number of ether oxygens (including phenoxy) is 3. The van der Waals surface area contributed by atoms with Gasteiger partial charge in [0.05, 0.1) is 7.11 Å². The Morgan fingerprint density at radius 2 is 1.19 bits per heavy atom. The van der Waals surface area contributed by atoms with Gasteiger partial charge in [0.15, 0.2) is 0 Å². The summed E-state index contributed by atoms with van der Waals surface area (Å²) in [5, 5.41) is 8.28. The van der Waals surface area contributed by atoms with Gasteiger partial charge in [-0.2, -0.15) is 0 Å². The van der Waals surface area contributed by atoms with Crippen LogP contribution in [0.3, 0.4) is 0 Å². The van der Waals surface area contributed by atoms with Crippen molar-refractivity contribution in [1.29, 1.82) is 0 Å². The predicted octanol–water partition coefficient (Wildman–Crippen LogP) is 3.09. The van der Waals surface area contributed by atoms with Crippen LogP contribution in [-0.4, -0.2) is 78.8 Å². The van der Waals surface area contributed by atoms with E-state index in [1.807, 2.05) is 0 Å². The van der Waals surface area contributed by atoms with Crippen LogP contribution in [0.5, 0.6) is 0 Å². The van der Waals surface area contributed by atoms with Crippen LogP contribution >= 0.6 is 0 Å². The minimum Gasteiger partial charge on any atom is -0.444 e. The number of nitrogens with one attached hydrogen (secondary N) is 3. The van der Waals surface area contributed by atoms with Crippen molar-refractivity contribution in [3.8, 4) is 0 Å². The Labute approximate surface area is 213 Å². The molecule has 0 saturated carbocycles. The number of guanidine groups is 1. The second-order valence-corrected chi connectivity index (χ2v) is 10.8. The molecule has 0 aromatic heterocycles. The number of rotatable bonds is 7. The lowest BCUT2D eigenvalue weighted by atomic mass is 10.1. The molecular formula is C23H43N5O8. The van der Waals surface area contributed by atoms with Crippen LogP contribution in [0.4, 0.5) is 14.4 Å². The van der Waals surface area contributed by atoms with Crippen LogP contribution in [0.1, 0.15) is 75.2 Å². The largest absolute Gasteiger partial charge is 0.444 e. The molecule has 0 heterocycles. The molecule has 0 radical (unpaired) electrons. The van der Waals surface area contributed by atoms with Crippen molar-refractivity contribution in [1.82, 2.24) is 21.0 Å². The van der Waals surface area contributed by atoms with E-state index in [0.717, 1.165) is 5.06 Å². The molecule has 13 heteroatoms. The lowest BCUT2D eigenvalue weighted by molar-refractivity contribution is -0.171. The summed E-state index contributed by atoms with van der Waals surface area (Å²) in [5.41, 5.74) is -2.28. The van der Waals surface area contributed by atoms with Crippen LogP contribution < -0.4 is 16.0 Å². The quantitative estimate of drug-likeness (QED) is 0.153. The first-order chi connectivity index (χ1) is 16.2. The molecule has 13 nitrogen and oxygen atoms in total. The Morgan fingerprint density at radius 3 is 1.58 bits per heavy atom. The molecule has 4 amide bonds. The van der Waals surface area contributed by atoms with Crippen LogP contribution in [0.2, 0.25) is 0 Å². The van der Waals surface area contributed by atoms with Crippen molar-refractivity contribution < 1.29 is 38.2 Å². The zero-order valence-corrected chi connectivity index (χ0v) is 23.4. The number of hydroxylamine groups is 2. The van der Waals surface area contributed by atoms with Gasteiger partial charge in [0, 0.05) is 13.6 Å². The Bertz CT molecular complexity index is 762. The van der Waals surface area contributed by atoms with Gasteiger partial charge in [-0.15, -0.1) is 0 Å². The normalized spacial score (nSPS) is 12.5. The molecule has 0 aliphatic carbocycles. The van der Waals surface area contributed by atoms with Crippen molar-refractivity contribution in [3.05, 3.63) is 0 Å². The van der Waals surface area contributed by atoms with E-state index < -0.39 is 47.0 Å². The molecule has 0 aliphatic rings. The van der Waals surface area contributed by atoms with E-state index in [4.69, 9.17) is 19.0 Å². The Kier molecular flexibility index (Phi) is 12.7. The second kappa shape index (κ2) is 13.9. The molecule has 0 saturated heterocycles. The fourth-order valence-corrected chi connectivity index (χ4v) is 2.41. The average molecular weight is 518 g/mol. The second-order valence-electron chi connectivity index (χ2n) is 10.8. The predicted molar refractivity (Wildman–Crippen MR) is 133 cm³/mol. The van der Waals surface area contributed by atoms with Crippen molar-refractivity contribution >= 4 is 30.1 Å². The summed E-state index contributed by atoms with van der Waals surface area (Å²) >= 11 is 0. The third kappa shape index (κ3) is 16.5. The number of carbonyl (C=O) groups is 4. The standard InChI is InChI=1S/C23H43N5O8/c1-21(2,3)34-18(30)25-15(16(29)28(10)33-11)13-12-14-24-17(26-19(31)35-22(4,5)6)27-20(32)36-23(7,8)9/h15H,12-14H2,1-11H3,(H,25,30)(H2,24,26,27,31,32)/t15-/m0/s1. The van der Waals surface area contributed by atoms with E-state index in [1.165, 1.54) is 14.2 Å². The number of likely N-dealkylation sites (N-methyl/N-ethyl adjacent to an activating group) is 1. The van der Waals surface area contributed by atoms with Crippen LogP contribution in [-0.2, 0) is 23.8 Å². The van der Waals surface area contributed by atoms with Crippen molar-refractivity contribution in [2.24, 2.45) is 4.99 Å². The maximum atomic E-state index is 12.6. The van der Waals surface area contributed by atoms with Gasteiger partial charge in [0.2, 0.25) is 5.96 Å². The maximum absolute atomic E-state index is 12.6. The molecule has 208 valence electrons. The average Bonchev–Trinajstić information content (AvgIpc) is 2.64. The van der Waals surface area contributed by atoms with Crippen molar-refractivity contribution in [2.45, 2.75) is 98.0 Å². The highest BCUT2D eigenvalue weighted by molar-refractivity contribution is 6.01. The van der Waals surface area contributed by atoms with E-state index >= 15 is 0 Å². The van der Waals surface area contributed by atoms with Crippen molar-refractivity contribution in [2.75, 3.05) is 20.7 Å². The summed E-state index contributed by atoms with van der Waals surface area (Å²) < 4.78 is 15.6. The molecule has 0 aromatic carbocycles. The first-order valence-electron chi connectivity index (χ1n) is 11.6. The number of hydrogen-bond donors (Lipinski definition) is 3. The highest BCUT2D eigenvalue weighted by atomic mass is 16.7. The SMILES string of the molecule is CON(C)C(=O)[C@H](CCCN=C(NC(=O)OC(C)(C)C)NC(=O)OC(C)(C)C)NC(=O)OC(C)(C)C. The smallest absolute Gasteiger partial charge is 0.414 e. The molecule has 0 aliphatic heterocycles. The van der Waals surface area contributed by atoms with Gasteiger partial charge in [-0.3, -0.25) is 25.3 Å². The van der Waals surface area contributed by atoms with E-state index in [0.29, 0.717) is 6.42 Å². The Balaban J connectivity index is 5.40. The summed E-state index contributed by atoms with van der Waals surface area (Å²) in [6.07, 6.45) is -1.94. The molecule has 0 rings (SSSR count). The minimum atomic E-state index is -0.957. The van der Waals surface area contributed by atoms with Gasteiger partial charge < -0.3 is 19.5 Å². The Morgan fingerprint density at radius 1 is 0.778 bits per heavy atom. The molecule has 36 heavy (non-hydrogen) atoms. The van der Waals surface area contributed by atoms with Crippen molar-refractivity contribution in [3.63, 3.8) is 0 Å². The molecule has 1 atom stereocenters. The summed E-state index contributed by atoms with van der Waals surface area (Å²) in [4.78, 5) is 58.3. The van der Waals surface area contributed by atoms with E-state index in [9.17, 15) is 19.2 Å². The topological polar surface area (TPSA) is 157 Å². The Hall–Kier alpha value is -3.09. The van der Waals surface area contributed by atoms with E-state index in [-0.39, 0.29) is 18.9 Å². The zero-order chi connectivity index (χ0) is 28.3. The summed E-state index contributed by atoms with van der Waals surface area (Å²) in [6.45, 7) is 15.3. The number of hydrogen-bond acceptors (Lipinski definition) is 9. The molecule has 0 aromatic rings. The van der Waals surface area contributed by atoms with Gasteiger partial charge in [0.1, 0.15) is 22.8 Å². The fraction of sp³-hybridized carbons (Fsp3) is 0.783. The summed E-state index contributed by atoms with van der Waals surface area (Å²) in [6, 6.07) is -0.957. The fourth-order valence-electron chi connectivity index (χ4n) is 2.41. The molecule has 0 bridgehead atoms. The number of nitrogens with zero attached hydrogens (tertiary/aromatic N) is 2. The molecule has 0 spiro atoms. The van der Waals surface area contributed by atoms with E-state index in [2.05, 4.69) is 20.9 Å². The van der Waals surface area contributed by atoms with Crippen LogP contribution in [0.25, 0.3) is 0 Å². The number of aliphatic imine (C=N–C) groups is 1. The molecule has 0 fully saturated rings. The highest BCUT2D eigenvalue weighted by Gasteiger charge is 2.27. The summed E-state index contributed by atoms with van der Waals surface area (Å²) in [5.74, 6) is -0.679. The first kappa shape index (κ1) is 32.9. The van der Waals surface area contributed by atoms with Gasteiger partial charge in [-0.1, -0.05) is 0 Å². The molecule has 3 N–H and O–H groups in total. The first-order valence-corrected chi connectivity index (χ1v) is 11.6. The minimum absolute atomic E-state index is 0.0808. The lowest BCUT2D eigenvalue weighted by Crippen LogP contribution is -2.48. The van der Waals surface area contributed by atoms with Gasteiger partial charge in [-0.05, 0) is 75.2 Å². The summed E-state index contributed by atoms with van der Waals surface area (Å²) in [7, 11) is 2.74. The number of amides is 4.